The van der Waals surface area contributed by atoms with Crippen LogP contribution in [0, 0.1) is 5.41 Å². The third-order valence-electron chi connectivity index (χ3n) is 4.05. The zero-order valence-electron chi connectivity index (χ0n) is 12.5. The lowest BCUT2D eigenvalue weighted by atomic mass is 9.86. The fourth-order valence-electron chi connectivity index (χ4n) is 2.15. The van der Waals surface area contributed by atoms with Gasteiger partial charge in [0, 0.05) is 31.0 Å². The molecule has 1 atom stereocenters. The van der Waals surface area contributed by atoms with Crippen LogP contribution < -0.4 is 21.3 Å². The van der Waals surface area contributed by atoms with E-state index >= 15 is 0 Å². The van der Waals surface area contributed by atoms with E-state index in [2.05, 4.69) is 10.6 Å². The molecule has 0 aromatic heterocycles. The van der Waals surface area contributed by atoms with Gasteiger partial charge in [0.25, 0.3) is 0 Å². The molecule has 0 spiro atoms. The van der Waals surface area contributed by atoms with Gasteiger partial charge in [-0.2, -0.15) is 0 Å². The molecule has 6 heteroatoms. The van der Waals surface area contributed by atoms with Crippen LogP contribution in [0.15, 0.2) is 24.3 Å². The minimum atomic E-state index is -0.582. The van der Waals surface area contributed by atoms with Crippen LogP contribution in [0.5, 0.6) is 0 Å². The quantitative estimate of drug-likeness (QED) is 0.768. The number of hydrogen-bond donors (Lipinski definition) is 3. The Morgan fingerprint density at radius 3 is 2.86 bits per heavy atom. The highest BCUT2D eigenvalue weighted by Gasteiger charge is 2.30. The number of anilines is 2. The van der Waals surface area contributed by atoms with Gasteiger partial charge in [-0.15, -0.1) is 0 Å². The summed E-state index contributed by atoms with van der Waals surface area (Å²) in [6, 6.07) is 7.17. The van der Waals surface area contributed by atoms with Crippen LogP contribution in [-0.4, -0.2) is 31.6 Å². The largest absolute Gasteiger partial charge is 0.336 e. The van der Waals surface area contributed by atoms with Gasteiger partial charge in [-0.1, -0.05) is 13.0 Å². The first-order chi connectivity index (χ1) is 10.00. The van der Waals surface area contributed by atoms with Crippen molar-refractivity contribution in [3.63, 3.8) is 0 Å². The molecule has 0 saturated carbocycles. The van der Waals surface area contributed by atoms with E-state index < -0.39 is 5.41 Å². The van der Waals surface area contributed by atoms with Gasteiger partial charge < -0.3 is 16.4 Å². The van der Waals surface area contributed by atoms with Crippen LogP contribution in [0.25, 0.3) is 0 Å². The number of carbonyl (C=O) groups is 2. The molecule has 114 valence electrons. The number of carbonyl (C=O) groups excluding carboxylic acids is 2. The lowest BCUT2D eigenvalue weighted by molar-refractivity contribution is -0.124. The molecule has 4 N–H and O–H groups in total. The van der Waals surface area contributed by atoms with Gasteiger partial charge in [-0.25, -0.2) is 4.79 Å². The number of urea groups is 1. The molecule has 1 heterocycles. The topological polar surface area (TPSA) is 87.5 Å². The van der Waals surface area contributed by atoms with Crippen molar-refractivity contribution in [1.82, 2.24) is 5.32 Å². The minimum Gasteiger partial charge on any atom is -0.336 e. The summed E-state index contributed by atoms with van der Waals surface area (Å²) in [7, 11) is 0. The number of amides is 3. The molecule has 1 aromatic carbocycles. The van der Waals surface area contributed by atoms with Crippen LogP contribution >= 0.6 is 0 Å². The Morgan fingerprint density at radius 2 is 2.29 bits per heavy atom. The molecule has 21 heavy (non-hydrogen) atoms. The molecule has 1 saturated heterocycles. The van der Waals surface area contributed by atoms with E-state index in [-0.39, 0.29) is 11.9 Å². The number of benzene rings is 1. The van der Waals surface area contributed by atoms with Gasteiger partial charge in [0.1, 0.15) is 0 Å². The predicted octanol–water partition coefficient (Wildman–Crippen LogP) is 1.53. The van der Waals surface area contributed by atoms with Gasteiger partial charge in [0.15, 0.2) is 0 Å². The van der Waals surface area contributed by atoms with Crippen molar-refractivity contribution >= 4 is 23.3 Å². The minimum absolute atomic E-state index is 0.101. The van der Waals surface area contributed by atoms with Gasteiger partial charge >= 0.3 is 6.03 Å². The van der Waals surface area contributed by atoms with E-state index in [9.17, 15) is 9.59 Å². The molecule has 2 rings (SSSR count). The van der Waals surface area contributed by atoms with E-state index in [1.54, 1.807) is 11.0 Å². The van der Waals surface area contributed by atoms with Crippen molar-refractivity contribution in [2.45, 2.75) is 20.3 Å². The first-order valence-electron chi connectivity index (χ1n) is 7.17. The first kappa shape index (κ1) is 15.3. The van der Waals surface area contributed by atoms with Gasteiger partial charge in [-0.05, 0) is 31.5 Å². The second-order valence-electron chi connectivity index (χ2n) is 5.51. The zero-order chi connectivity index (χ0) is 15.5. The first-order valence-corrected chi connectivity index (χ1v) is 7.17. The number of hydrogen-bond acceptors (Lipinski definition) is 3. The summed E-state index contributed by atoms with van der Waals surface area (Å²) in [4.78, 5) is 25.6. The third kappa shape index (κ3) is 3.16. The lowest BCUT2D eigenvalue weighted by Gasteiger charge is -2.25. The van der Waals surface area contributed by atoms with Crippen LogP contribution in [0.2, 0.25) is 0 Å². The summed E-state index contributed by atoms with van der Waals surface area (Å²) in [6.45, 7) is 5.35. The van der Waals surface area contributed by atoms with Gasteiger partial charge in [0.2, 0.25) is 5.91 Å². The van der Waals surface area contributed by atoms with Crippen LogP contribution in [-0.2, 0) is 4.79 Å². The average molecular weight is 290 g/mol. The van der Waals surface area contributed by atoms with E-state index in [0.29, 0.717) is 31.7 Å². The molecule has 1 aromatic rings. The summed E-state index contributed by atoms with van der Waals surface area (Å²) in [5, 5.41) is 5.64. The van der Waals surface area contributed by atoms with E-state index in [4.69, 9.17) is 5.73 Å². The summed E-state index contributed by atoms with van der Waals surface area (Å²) in [6.07, 6.45) is 0.670. The molecule has 0 aliphatic carbocycles. The Balaban J connectivity index is 2.15. The van der Waals surface area contributed by atoms with Crippen molar-refractivity contribution in [2.24, 2.45) is 11.1 Å². The van der Waals surface area contributed by atoms with Gasteiger partial charge in [0.05, 0.1) is 5.41 Å². The maximum absolute atomic E-state index is 12.3. The Labute approximate surface area is 124 Å². The molecule has 0 bridgehead atoms. The molecular formula is C15H22N4O2. The lowest BCUT2D eigenvalue weighted by Crippen LogP contribution is -2.39. The third-order valence-corrected chi connectivity index (χ3v) is 4.05. The van der Waals surface area contributed by atoms with Crippen molar-refractivity contribution < 1.29 is 9.59 Å². The van der Waals surface area contributed by atoms with E-state index in [1.807, 2.05) is 32.0 Å². The van der Waals surface area contributed by atoms with Crippen molar-refractivity contribution in [3.8, 4) is 0 Å². The Morgan fingerprint density at radius 1 is 1.52 bits per heavy atom. The summed E-state index contributed by atoms with van der Waals surface area (Å²) < 4.78 is 0. The number of nitrogens with two attached hydrogens (primary N) is 1. The molecule has 6 nitrogen and oxygen atoms in total. The van der Waals surface area contributed by atoms with E-state index in [0.717, 1.165) is 5.69 Å². The van der Waals surface area contributed by atoms with Crippen LogP contribution in [0.1, 0.15) is 20.3 Å². The molecule has 1 aliphatic rings. The van der Waals surface area contributed by atoms with E-state index in [1.165, 1.54) is 0 Å². The second kappa shape index (κ2) is 6.13. The molecule has 1 unspecified atom stereocenters. The summed E-state index contributed by atoms with van der Waals surface area (Å²) in [5.74, 6) is -0.101. The van der Waals surface area contributed by atoms with Crippen LogP contribution in [0.4, 0.5) is 16.2 Å². The molecular weight excluding hydrogens is 268 g/mol. The van der Waals surface area contributed by atoms with Crippen LogP contribution in [0.3, 0.4) is 0 Å². The molecule has 3 amide bonds. The fourth-order valence-corrected chi connectivity index (χ4v) is 2.15. The van der Waals surface area contributed by atoms with Crippen molar-refractivity contribution in [3.05, 3.63) is 24.3 Å². The van der Waals surface area contributed by atoms with Crippen molar-refractivity contribution in [2.75, 3.05) is 29.9 Å². The molecule has 0 radical (unpaired) electrons. The molecule has 1 aliphatic heterocycles. The highest BCUT2D eigenvalue weighted by Crippen LogP contribution is 2.25. The number of nitrogens with zero attached hydrogens (tertiary/aromatic N) is 1. The van der Waals surface area contributed by atoms with Gasteiger partial charge in [-0.3, -0.25) is 9.69 Å². The highest BCUT2D eigenvalue weighted by molar-refractivity contribution is 5.97. The Bertz CT molecular complexity index is 540. The SMILES string of the molecule is CCC(C)(CN)C(=O)Nc1cccc(N2CCNC2=O)c1. The average Bonchev–Trinajstić information content (AvgIpc) is 2.92. The normalized spacial score (nSPS) is 17.3. The summed E-state index contributed by atoms with van der Waals surface area (Å²) >= 11 is 0. The van der Waals surface area contributed by atoms with Crippen molar-refractivity contribution in [1.29, 1.82) is 0 Å². The predicted molar refractivity (Wildman–Crippen MR) is 83.3 cm³/mol. The fraction of sp³-hybridized carbons (Fsp3) is 0.467. The Kier molecular flexibility index (Phi) is 4.47. The monoisotopic (exact) mass is 290 g/mol. The standard InChI is InChI=1S/C15H22N4O2/c1-3-15(2,10-16)13(20)18-11-5-4-6-12(9-11)19-8-7-17-14(19)21/h4-6,9H,3,7-8,10,16H2,1-2H3,(H,17,21)(H,18,20). The maximum Gasteiger partial charge on any atom is 0.321 e. The maximum atomic E-state index is 12.3. The molecule has 1 fully saturated rings. The number of nitrogens with one attached hydrogen (secondary N) is 2. The summed E-state index contributed by atoms with van der Waals surface area (Å²) in [5.41, 5.74) is 6.56. The highest BCUT2D eigenvalue weighted by atomic mass is 16.2. The zero-order valence-corrected chi connectivity index (χ0v) is 12.5. The Hall–Kier alpha value is -2.08. The smallest absolute Gasteiger partial charge is 0.321 e. The number of rotatable bonds is 5. The second-order valence-corrected chi connectivity index (χ2v) is 5.51.